The van der Waals surface area contributed by atoms with Crippen LogP contribution < -0.4 is 16.4 Å². The Morgan fingerprint density at radius 2 is 2.38 bits per heavy atom. The SMILES string of the molecule is CCc1cc(-c2nc(N[C@@H]3CCOC[C@@H]3N)c(F)c3c2C(=O)NC3)sn1. The van der Waals surface area contributed by atoms with Gasteiger partial charge >= 0.3 is 0 Å². The fraction of sp³-hybridized carbons (Fsp3) is 0.471. The molecule has 0 aliphatic carbocycles. The summed E-state index contributed by atoms with van der Waals surface area (Å²) in [7, 11) is 0. The van der Waals surface area contributed by atoms with Gasteiger partial charge in [0.25, 0.3) is 5.91 Å². The summed E-state index contributed by atoms with van der Waals surface area (Å²) in [6, 6.07) is 1.53. The lowest BCUT2D eigenvalue weighted by Crippen LogP contribution is -2.48. The number of anilines is 1. The van der Waals surface area contributed by atoms with Crippen LogP contribution in [-0.2, 0) is 17.7 Å². The molecule has 1 fully saturated rings. The van der Waals surface area contributed by atoms with Gasteiger partial charge in [-0.3, -0.25) is 4.79 Å². The Balaban J connectivity index is 1.78. The normalized spacial score (nSPS) is 22.2. The average Bonchev–Trinajstić information content (AvgIpc) is 3.27. The molecule has 1 saturated heterocycles. The fourth-order valence-corrected chi connectivity index (χ4v) is 4.08. The number of ether oxygens (including phenoxy) is 1. The lowest BCUT2D eigenvalue weighted by atomic mass is 10.0. The lowest BCUT2D eigenvalue weighted by Gasteiger charge is -2.30. The zero-order valence-electron chi connectivity index (χ0n) is 14.3. The molecule has 0 aromatic carbocycles. The van der Waals surface area contributed by atoms with Crippen molar-refractivity contribution in [3.8, 4) is 10.6 Å². The van der Waals surface area contributed by atoms with Crippen molar-refractivity contribution < 1.29 is 13.9 Å². The fourth-order valence-electron chi connectivity index (χ4n) is 3.26. The van der Waals surface area contributed by atoms with Crippen molar-refractivity contribution >= 4 is 23.3 Å². The van der Waals surface area contributed by atoms with Crippen molar-refractivity contribution in [2.24, 2.45) is 5.73 Å². The highest BCUT2D eigenvalue weighted by atomic mass is 32.1. The number of aromatic nitrogens is 2. The smallest absolute Gasteiger partial charge is 0.254 e. The van der Waals surface area contributed by atoms with Gasteiger partial charge in [0, 0.05) is 30.8 Å². The number of rotatable bonds is 4. The van der Waals surface area contributed by atoms with E-state index < -0.39 is 5.82 Å². The Hall–Kier alpha value is -2.10. The Morgan fingerprint density at radius 1 is 1.54 bits per heavy atom. The van der Waals surface area contributed by atoms with Crippen molar-refractivity contribution in [3.05, 3.63) is 28.7 Å². The molecule has 4 heterocycles. The number of fused-ring (bicyclic) bond motifs is 1. The van der Waals surface area contributed by atoms with Crippen LogP contribution in [0.4, 0.5) is 10.2 Å². The molecule has 0 bridgehead atoms. The molecule has 7 nitrogen and oxygen atoms in total. The molecule has 4 N–H and O–H groups in total. The molecule has 2 aliphatic rings. The third-order valence-corrected chi connectivity index (χ3v) is 5.60. The van der Waals surface area contributed by atoms with Crippen LogP contribution in [0, 0.1) is 5.82 Å². The first-order chi connectivity index (χ1) is 12.6. The monoisotopic (exact) mass is 377 g/mol. The Labute approximate surface area is 154 Å². The Kier molecular flexibility index (Phi) is 4.60. The van der Waals surface area contributed by atoms with Gasteiger partial charge in [-0.15, -0.1) is 0 Å². The van der Waals surface area contributed by atoms with Gasteiger partial charge in [0.1, 0.15) is 0 Å². The predicted molar refractivity (Wildman–Crippen MR) is 96.7 cm³/mol. The van der Waals surface area contributed by atoms with Gasteiger partial charge in [-0.2, -0.15) is 4.37 Å². The van der Waals surface area contributed by atoms with Crippen LogP contribution >= 0.6 is 11.5 Å². The molecule has 0 radical (unpaired) electrons. The van der Waals surface area contributed by atoms with Crippen LogP contribution in [-0.4, -0.2) is 40.6 Å². The number of nitrogens with one attached hydrogen (secondary N) is 2. The number of carbonyl (C=O) groups excluding carboxylic acids is 1. The van der Waals surface area contributed by atoms with Gasteiger partial charge in [0.2, 0.25) is 0 Å². The van der Waals surface area contributed by atoms with Gasteiger partial charge in [-0.25, -0.2) is 9.37 Å². The van der Waals surface area contributed by atoms with Gasteiger partial charge in [0.15, 0.2) is 11.6 Å². The van der Waals surface area contributed by atoms with E-state index >= 15 is 0 Å². The van der Waals surface area contributed by atoms with E-state index in [9.17, 15) is 9.18 Å². The van der Waals surface area contributed by atoms with E-state index in [2.05, 4.69) is 20.0 Å². The van der Waals surface area contributed by atoms with Crippen molar-refractivity contribution in [3.63, 3.8) is 0 Å². The summed E-state index contributed by atoms with van der Waals surface area (Å²) < 4.78 is 24.7. The van der Waals surface area contributed by atoms with Crippen molar-refractivity contribution in [1.82, 2.24) is 14.7 Å². The molecular weight excluding hydrogens is 357 g/mol. The zero-order valence-corrected chi connectivity index (χ0v) is 15.2. The first-order valence-corrected chi connectivity index (χ1v) is 9.42. The van der Waals surface area contributed by atoms with Gasteiger partial charge in [-0.1, -0.05) is 6.92 Å². The molecule has 9 heteroatoms. The number of pyridine rings is 1. The number of hydrogen-bond donors (Lipinski definition) is 3. The van der Waals surface area contributed by atoms with Crippen LogP contribution in [0.2, 0.25) is 0 Å². The van der Waals surface area contributed by atoms with Gasteiger partial charge in [0.05, 0.1) is 28.4 Å². The van der Waals surface area contributed by atoms with E-state index in [0.717, 1.165) is 17.0 Å². The van der Waals surface area contributed by atoms with Gasteiger partial charge < -0.3 is 21.1 Å². The Bertz CT molecular complexity index is 856. The number of hydrogen-bond acceptors (Lipinski definition) is 7. The van der Waals surface area contributed by atoms with Crippen molar-refractivity contribution in [2.75, 3.05) is 18.5 Å². The van der Waals surface area contributed by atoms with Crippen molar-refractivity contribution in [2.45, 2.75) is 38.4 Å². The maximum absolute atomic E-state index is 15.0. The Morgan fingerprint density at radius 3 is 3.12 bits per heavy atom. The topological polar surface area (TPSA) is 102 Å². The summed E-state index contributed by atoms with van der Waals surface area (Å²) in [4.78, 5) is 17.5. The van der Waals surface area contributed by atoms with Crippen LogP contribution in [0.25, 0.3) is 10.6 Å². The summed E-state index contributed by atoms with van der Waals surface area (Å²) in [6.45, 7) is 3.16. The molecule has 2 aromatic rings. The minimum atomic E-state index is -0.499. The third kappa shape index (κ3) is 2.95. The molecular formula is C17H20FN5O2S. The number of aryl methyl sites for hydroxylation is 1. The number of nitrogens with zero attached hydrogens (tertiary/aromatic N) is 2. The summed E-state index contributed by atoms with van der Waals surface area (Å²) >= 11 is 1.27. The van der Waals surface area contributed by atoms with E-state index in [4.69, 9.17) is 10.5 Å². The molecule has 2 aromatic heterocycles. The quantitative estimate of drug-likeness (QED) is 0.749. The lowest BCUT2D eigenvalue weighted by molar-refractivity contribution is 0.0751. The van der Waals surface area contributed by atoms with Crippen LogP contribution in [0.3, 0.4) is 0 Å². The van der Waals surface area contributed by atoms with Crippen LogP contribution in [0.1, 0.15) is 35.0 Å². The highest BCUT2D eigenvalue weighted by Crippen LogP contribution is 2.35. The number of nitrogens with two attached hydrogens (primary N) is 1. The summed E-state index contributed by atoms with van der Waals surface area (Å²) in [6.07, 6.45) is 1.46. The molecule has 0 unspecified atom stereocenters. The molecule has 26 heavy (non-hydrogen) atoms. The number of halogens is 1. The number of carbonyl (C=O) groups is 1. The molecule has 1 amide bonds. The van der Waals surface area contributed by atoms with Crippen molar-refractivity contribution in [1.29, 1.82) is 0 Å². The van der Waals surface area contributed by atoms with E-state index in [1.807, 2.05) is 13.0 Å². The van der Waals surface area contributed by atoms with Crippen LogP contribution in [0.15, 0.2) is 6.07 Å². The summed E-state index contributed by atoms with van der Waals surface area (Å²) in [5.74, 6) is -0.674. The predicted octanol–water partition coefficient (Wildman–Crippen LogP) is 1.68. The molecule has 2 aliphatic heterocycles. The molecule has 0 saturated carbocycles. The van der Waals surface area contributed by atoms with E-state index in [0.29, 0.717) is 36.5 Å². The summed E-state index contributed by atoms with van der Waals surface area (Å²) in [5.41, 5.74) is 8.10. The van der Waals surface area contributed by atoms with Crippen LogP contribution in [0.5, 0.6) is 0 Å². The first kappa shape index (κ1) is 17.3. The van der Waals surface area contributed by atoms with E-state index in [1.165, 1.54) is 11.5 Å². The molecule has 4 rings (SSSR count). The maximum atomic E-state index is 15.0. The molecule has 2 atom stereocenters. The largest absolute Gasteiger partial charge is 0.380 e. The van der Waals surface area contributed by atoms with E-state index in [1.54, 1.807) is 0 Å². The third-order valence-electron chi connectivity index (χ3n) is 4.76. The standard InChI is InChI=1S/C17H20FN5O2S/c1-2-8-5-12(26-23-8)15-13-9(6-20-17(13)24)14(18)16(22-15)21-11-3-4-25-7-10(11)19/h5,10-11H,2-4,6-7,19H2,1H3,(H,20,24)(H,21,22)/t10-,11+/m0/s1. The molecule has 0 spiro atoms. The summed E-state index contributed by atoms with van der Waals surface area (Å²) in [5, 5.41) is 5.82. The second-order valence-electron chi connectivity index (χ2n) is 6.47. The molecule has 138 valence electrons. The minimum absolute atomic E-state index is 0.129. The first-order valence-electron chi connectivity index (χ1n) is 8.64. The highest BCUT2D eigenvalue weighted by molar-refractivity contribution is 7.09. The minimum Gasteiger partial charge on any atom is -0.380 e. The van der Waals surface area contributed by atoms with Gasteiger partial charge in [-0.05, 0) is 30.4 Å². The second-order valence-corrected chi connectivity index (χ2v) is 7.28. The second kappa shape index (κ2) is 6.90. The maximum Gasteiger partial charge on any atom is 0.254 e. The number of amides is 1. The highest BCUT2D eigenvalue weighted by Gasteiger charge is 2.32. The zero-order chi connectivity index (χ0) is 18.3. The van der Waals surface area contributed by atoms with E-state index in [-0.39, 0.29) is 30.4 Å². The average molecular weight is 377 g/mol.